The summed E-state index contributed by atoms with van der Waals surface area (Å²) in [6.07, 6.45) is 3.32. The van der Waals surface area contributed by atoms with Gasteiger partial charge in [0.15, 0.2) is 0 Å². The van der Waals surface area contributed by atoms with E-state index in [0.29, 0.717) is 12.0 Å². The van der Waals surface area contributed by atoms with Crippen LogP contribution in [0.1, 0.15) is 83.3 Å². The summed E-state index contributed by atoms with van der Waals surface area (Å²) < 4.78 is 68.1. The minimum absolute atomic E-state index is 0.135. The summed E-state index contributed by atoms with van der Waals surface area (Å²) in [5.74, 6) is 0.135. The first kappa shape index (κ1) is 25.0. The number of hydrogen-bond acceptors (Lipinski definition) is 2. The molecule has 0 heterocycles. The molecule has 0 aliphatic heterocycles. The molecule has 0 amide bonds. The minimum atomic E-state index is -4.71. The Balaban J connectivity index is 3.07. The molecule has 0 aliphatic carbocycles. The number of benzene rings is 1. The number of unbranched alkanes of at least 4 members (excludes halogenated alkanes) is 3. The van der Waals surface area contributed by atoms with Crippen molar-refractivity contribution in [2.45, 2.75) is 89.6 Å². The first-order valence-electron chi connectivity index (χ1n) is 10.3. The predicted octanol–water partition coefficient (Wildman–Crippen LogP) is 6.32. The Morgan fingerprint density at radius 2 is 1.61 bits per heavy atom. The number of aryl methyl sites for hydroxylation is 1. The van der Waals surface area contributed by atoms with E-state index < -0.39 is 26.7 Å². The summed E-state index contributed by atoms with van der Waals surface area (Å²) in [6.45, 7) is 6.28. The molecule has 1 aromatic carbocycles. The number of alkyl halides is 3. The van der Waals surface area contributed by atoms with Gasteiger partial charge in [0.25, 0.3) is 0 Å². The van der Waals surface area contributed by atoms with Crippen LogP contribution in [0.5, 0.6) is 0 Å². The van der Waals surface area contributed by atoms with Gasteiger partial charge in [-0.25, -0.2) is 13.1 Å². The van der Waals surface area contributed by atoms with Gasteiger partial charge in [0, 0.05) is 6.54 Å². The Bertz CT molecular complexity index is 681. The molecule has 0 atom stereocenters. The van der Waals surface area contributed by atoms with Gasteiger partial charge in [0.05, 0.1) is 10.5 Å². The van der Waals surface area contributed by atoms with Crippen molar-refractivity contribution in [1.29, 1.82) is 0 Å². The van der Waals surface area contributed by atoms with Gasteiger partial charge in [-0.3, -0.25) is 0 Å². The van der Waals surface area contributed by atoms with Gasteiger partial charge in [-0.2, -0.15) is 13.2 Å². The third kappa shape index (κ3) is 8.11. The average molecular weight is 422 g/mol. The number of rotatable bonds is 13. The highest BCUT2D eigenvalue weighted by Crippen LogP contribution is 2.35. The molecule has 1 aromatic rings. The molecule has 3 nitrogen and oxygen atoms in total. The van der Waals surface area contributed by atoms with Crippen molar-refractivity contribution in [3.8, 4) is 0 Å². The van der Waals surface area contributed by atoms with Crippen molar-refractivity contribution in [3.05, 3.63) is 29.3 Å². The molecule has 162 valence electrons. The fourth-order valence-corrected chi connectivity index (χ4v) is 4.80. The fourth-order valence-electron chi connectivity index (χ4n) is 3.40. The summed E-state index contributed by atoms with van der Waals surface area (Å²) in [5.41, 5.74) is -0.469. The summed E-state index contributed by atoms with van der Waals surface area (Å²) in [7, 11) is -4.23. The van der Waals surface area contributed by atoms with Crippen LogP contribution >= 0.6 is 0 Å². The van der Waals surface area contributed by atoms with E-state index in [9.17, 15) is 21.6 Å². The van der Waals surface area contributed by atoms with Crippen LogP contribution in [0.2, 0.25) is 0 Å². The fraction of sp³-hybridized carbons (Fsp3) is 0.714. The Kier molecular flexibility index (Phi) is 10.5. The van der Waals surface area contributed by atoms with Gasteiger partial charge in [-0.05, 0) is 49.3 Å². The Labute approximate surface area is 168 Å². The van der Waals surface area contributed by atoms with Gasteiger partial charge in [-0.15, -0.1) is 0 Å². The third-order valence-electron chi connectivity index (χ3n) is 4.92. The van der Waals surface area contributed by atoms with E-state index in [-0.39, 0.29) is 12.5 Å². The van der Waals surface area contributed by atoms with Crippen molar-refractivity contribution in [3.63, 3.8) is 0 Å². The maximum Gasteiger partial charge on any atom is 0.417 e. The van der Waals surface area contributed by atoms with Crippen LogP contribution in [-0.2, 0) is 22.6 Å². The predicted molar refractivity (Wildman–Crippen MR) is 108 cm³/mol. The molecule has 1 N–H and O–H groups in total. The highest BCUT2D eigenvalue weighted by Gasteiger charge is 2.37. The van der Waals surface area contributed by atoms with Gasteiger partial charge >= 0.3 is 6.18 Å². The molecule has 0 aliphatic rings. The molecule has 0 fully saturated rings. The number of hydrogen-bond donors (Lipinski definition) is 1. The smallest absolute Gasteiger partial charge is 0.211 e. The molecular formula is C21H34F3NO2S. The maximum absolute atomic E-state index is 13.4. The first-order valence-corrected chi connectivity index (χ1v) is 11.8. The van der Waals surface area contributed by atoms with E-state index in [1.165, 1.54) is 12.1 Å². The largest absolute Gasteiger partial charge is 0.417 e. The van der Waals surface area contributed by atoms with E-state index in [4.69, 9.17) is 0 Å². The topological polar surface area (TPSA) is 46.2 Å². The zero-order valence-corrected chi connectivity index (χ0v) is 18.1. The normalized spacial score (nSPS) is 12.7. The van der Waals surface area contributed by atoms with Crippen LogP contribution in [0.25, 0.3) is 0 Å². The molecule has 0 radical (unpaired) electrons. The second kappa shape index (κ2) is 11.8. The standard InChI is InChI=1S/C21H34F3NO2S/c1-4-7-8-9-12-17-13-14-19(21(22,23)24)20(15-17)28(26,27)25-16-18(10-5-2)11-6-3/h13-15,18,25H,4-12,16H2,1-3H3. The lowest BCUT2D eigenvalue weighted by Crippen LogP contribution is -2.31. The zero-order chi connectivity index (χ0) is 21.2. The van der Waals surface area contributed by atoms with Gasteiger partial charge < -0.3 is 0 Å². The molecule has 0 bridgehead atoms. The SMILES string of the molecule is CCCCCCc1ccc(C(F)(F)F)c(S(=O)(=O)NCC(CCC)CCC)c1. The van der Waals surface area contributed by atoms with Crippen LogP contribution in [0.15, 0.2) is 23.1 Å². The molecule has 0 saturated carbocycles. The molecule has 0 saturated heterocycles. The van der Waals surface area contributed by atoms with Crippen LogP contribution in [0.3, 0.4) is 0 Å². The first-order chi connectivity index (χ1) is 13.2. The molecule has 0 unspecified atom stereocenters. The Morgan fingerprint density at radius 3 is 2.14 bits per heavy atom. The van der Waals surface area contributed by atoms with Crippen LogP contribution in [-0.4, -0.2) is 15.0 Å². The molecule has 7 heteroatoms. The molecular weight excluding hydrogens is 387 g/mol. The third-order valence-corrected chi connectivity index (χ3v) is 6.38. The van der Waals surface area contributed by atoms with Crippen LogP contribution in [0.4, 0.5) is 13.2 Å². The number of nitrogens with one attached hydrogen (secondary N) is 1. The minimum Gasteiger partial charge on any atom is -0.211 e. The molecule has 0 spiro atoms. The van der Waals surface area contributed by atoms with E-state index in [0.717, 1.165) is 57.4 Å². The van der Waals surface area contributed by atoms with Gasteiger partial charge in [0.1, 0.15) is 0 Å². The van der Waals surface area contributed by atoms with E-state index in [2.05, 4.69) is 11.6 Å². The number of halogens is 3. The summed E-state index contributed by atoms with van der Waals surface area (Å²) in [4.78, 5) is -0.653. The Morgan fingerprint density at radius 1 is 0.964 bits per heavy atom. The summed E-state index contributed by atoms with van der Waals surface area (Å²) in [6, 6.07) is 3.50. The van der Waals surface area contributed by atoms with Gasteiger partial charge in [-0.1, -0.05) is 58.9 Å². The second-order valence-electron chi connectivity index (χ2n) is 7.43. The lowest BCUT2D eigenvalue weighted by molar-refractivity contribution is -0.139. The highest BCUT2D eigenvalue weighted by molar-refractivity contribution is 7.89. The van der Waals surface area contributed by atoms with E-state index in [1.807, 2.05) is 13.8 Å². The number of sulfonamides is 1. The van der Waals surface area contributed by atoms with Gasteiger partial charge in [0.2, 0.25) is 10.0 Å². The highest BCUT2D eigenvalue weighted by atomic mass is 32.2. The van der Waals surface area contributed by atoms with Crippen molar-refractivity contribution < 1.29 is 21.6 Å². The summed E-state index contributed by atoms with van der Waals surface area (Å²) in [5, 5.41) is 0. The average Bonchev–Trinajstić information content (AvgIpc) is 2.63. The van der Waals surface area contributed by atoms with Crippen molar-refractivity contribution in [1.82, 2.24) is 4.72 Å². The van der Waals surface area contributed by atoms with E-state index >= 15 is 0 Å². The van der Waals surface area contributed by atoms with Crippen molar-refractivity contribution >= 4 is 10.0 Å². The van der Waals surface area contributed by atoms with Crippen LogP contribution < -0.4 is 4.72 Å². The molecule has 28 heavy (non-hydrogen) atoms. The second-order valence-corrected chi connectivity index (χ2v) is 9.17. The van der Waals surface area contributed by atoms with Crippen LogP contribution in [0, 0.1) is 5.92 Å². The monoisotopic (exact) mass is 421 g/mol. The lowest BCUT2D eigenvalue weighted by atomic mass is 9.99. The Hall–Kier alpha value is -1.08. The lowest BCUT2D eigenvalue weighted by Gasteiger charge is -2.19. The quantitative estimate of drug-likeness (QED) is 0.379. The maximum atomic E-state index is 13.4. The van der Waals surface area contributed by atoms with Crippen molar-refractivity contribution in [2.75, 3.05) is 6.54 Å². The van der Waals surface area contributed by atoms with Crippen molar-refractivity contribution in [2.24, 2.45) is 5.92 Å². The van der Waals surface area contributed by atoms with E-state index in [1.54, 1.807) is 0 Å². The zero-order valence-electron chi connectivity index (χ0n) is 17.2. The molecule has 0 aromatic heterocycles. The molecule has 1 rings (SSSR count). The summed E-state index contributed by atoms with van der Waals surface area (Å²) >= 11 is 0.